The van der Waals surface area contributed by atoms with Gasteiger partial charge in [-0.15, -0.1) is 0 Å². The van der Waals surface area contributed by atoms with Crippen molar-refractivity contribution in [1.82, 2.24) is 0 Å². The van der Waals surface area contributed by atoms with Crippen LogP contribution in [0.25, 0.3) is 0 Å². The first-order chi connectivity index (χ1) is 6.11. The number of ether oxygens (including phenoxy) is 3. The van der Waals surface area contributed by atoms with E-state index in [0.29, 0.717) is 12.8 Å². The van der Waals surface area contributed by atoms with E-state index in [0.717, 1.165) is 0 Å². The quantitative estimate of drug-likeness (QED) is 0.615. The Morgan fingerprint density at radius 2 is 2.15 bits per heavy atom. The summed E-state index contributed by atoms with van der Waals surface area (Å²) in [5.41, 5.74) is 0. The van der Waals surface area contributed by atoms with Gasteiger partial charge in [-0.25, -0.2) is 0 Å². The van der Waals surface area contributed by atoms with Gasteiger partial charge < -0.3 is 14.2 Å². The van der Waals surface area contributed by atoms with Crippen molar-refractivity contribution in [3.05, 3.63) is 0 Å². The molecule has 4 nitrogen and oxygen atoms in total. The molecule has 1 fully saturated rings. The molecule has 1 heterocycles. The maximum Gasteiger partial charge on any atom is 0.307 e. The van der Waals surface area contributed by atoms with Crippen molar-refractivity contribution >= 4 is 5.97 Å². The van der Waals surface area contributed by atoms with Crippen molar-refractivity contribution in [2.75, 3.05) is 0 Å². The molecule has 0 aromatic rings. The van der Waals surface area contributed by atoms with Crippen molar-refractivity contribution in [3.63, 3.8) is 0 Å². The first-order valence-corrected chi connectivity index (χ1v) is 4.62. The lowest BCUT2D eigenvalue weighted by Gasteiger charge is -2.31. The second-order valence-corrected chi connectivity index (χ2v) is 3.16. The fourth-order valence-electron chi connectivity index (χ4n) is 1.26. The fraction of sp³-hybridized carbons (Fsp3) is 0.889. The van der Waals surface area contributed by atoms with E-state index in [-0.39, 0.29) is 18.4 Å². The molecule has 0 N–H and O–H groups in total. The topological polar surface area (TPSA) is 44.8 Å². The highest BCUT2D eigenvalue weighted by Gasteiger charge is 2.27. The molecule has 4 heteroatoms. The monoisotopic (exact) mass is 188 g/mol. The number of esters is 1. The predicted molar refractivity (Wildman–Crippen MR) is 45.9 cm³/mol. The van der Waals surface area contributed by atoms with Crippen LogP contribution in [0.15, 0.2) is 0 Å². The Balaban J connectivity index is 2.37. The highest BCUT2D eigenvalue weighted by Crippen LogP contribution is 2.18. The maximum absolute atomic E-state index is 11.0. The number of carbonyl (C=O) groups excluding carboxylic acids is 1. The summed E-state index contributed by atoms with van der Waals surface area (Å²) in [6.07, 6.45) is 0.336. The molecular weight excluding hydrogens is 172 g/mol. The Bertz CT molecular complexity index is 170. The molecule has 1 aliphatic heterocycles. The lowest BCUT2D eigenvalue weighted by atomic mass is 10.2. The third-order valence-electron chi connectivity index (χ3n) is 1.84. The van der Waals surface area contributed by atoms with Crippen LogP contribution >= 0.6 is 0 Å². The van der Waals surface area contributed by atoms with Crippen LogP contribution in [-0.4, -0.2) is 24.7 Å². The summed E-state index contributed by atoms with van der Waals surface area (Å²) in [5.74, 6) is -0.230. The summed E-state index contributed by atoms with van der Waals surface area (Å²) in [5, 5.41) is 0. The summed E-state index contributed by atoms with van der Waals surface area (Å²) < 4.78 is 15.6. The van der Waals surface area contributed by atoms with Gasteiger partial charge in [-0.3, -0.25) is 4.79 Å². The van der Waals surface area contributed by atoms with Gasteiger partial charge in [0.2, 0.25) is 6.29 Å². The zero-order chi connectivity index (χ0) is 9.84. The first-order valence-electron chi connectivity index (χ1n) is 4.62. The van der Waals surface area contributed by atoms with Crippen LogP contribution < -0.4 is 0 Å². The third-order valence-corrected chi connectivity index (χ3v) is 1.84. The molecule has 0 aliphatic carbocycles. The van der Waals surface area contributed by atoms with Gasteiger partial charge in [-0.05, 0) is 13.8 Å². The predicted octanol–water partition coefficient (Wildman–Crippen LogP) is 1.44. The maximum atomic E-state index is 11.0. The van der Waals surface area contributed by atoms with Crippen LogP contribution in [0.3, 0.4) is 0 Å². The minimum absolute atomic E-state index is 0.0819. The molecule has 0 amide bonds. The molecule has 0 radical (unpaired) electrons. The number of hydrogen-bond acceptors (Lipinski definition) is 4. The normalized spacial score (nSPS) is 34.2. The minimum Gasteiger partial charge on any atom is -0.436 e. The lowest BCUT2D eigenvalue weighted by molar-refractivity contribution is -0.288. The first kappa shape index (κ1) is 10.5. The number of carbonyl (C=O) groups is 1. The van der Waals surface area contributed by atoms with Gasteiger partial charge in [0.1, 0.15) is 0 Å². The molecule has 1 aliphatic rings. The third kappa shape index (κ3) is 3.32. The SMILES string of the molecule is CCC(=O)OC1CC(C)OC(C)O1. The summed E-state index contributed by atoms with van der Waals surface area (Å²) >= 11 is 0. The molecule has 1 saturated heterocycles. The molecule has 0 aromatic heterocycles. The van der Waals surface area contributed by atoms with Crippen LogP contribution in [0, 0.1) is 0 Å². The number of rotatable bonds is 2. The fourth-order valence-corrected chi connectivity index (χ4v) is 1.26. The van der Waals surface area contributed by atoms with E-state index in [2.05, 4.69) is 0 Å². The average Bonchev–Trinajstić information content (AvgIpc) is 2.02. The molecule has 1 rings (SSSR count). The molecule has 0 saturated carbocycles. The van der Waals surface area contributed by atoms with E-state index in [1.54, 1.807) is 13.8 Å². The second-order valence-electron chi connectivity index (χ2n) is 3.16. The van der Waals surface area contributed by atoms with Crippen molar-refractivity contribution in [2.45, 2.75) is 52.3 Å². The zero-order valence-corrected chi connectivity index (χ0v) is 8.28. The van der Waals surface area contributed by atoms with E-state index in [9.17, 15) is 4.79 Å². The van der Waals surface area contributed by atoms with Gasteiger partial charge in [0.15, 0.2) is 6.29 Å². The molecule has 76 valence electrons. The lowest BCUT2D eigenvalue weighted by Crippen LogP contribution is -2.37. The van der Waals surface area contributed by atoms with Crippen LogP contribution in [0.1, 0.15) is 33.6 Å². The average molecular weight is 188 g/mol. The Hall–Kier alpha value is -0.610. The Kier molecular flexibility index (Phi) is 3.69. The minimum atomic E-state index is -0.439. The molecule has 0 aromatic carbocycles. The summed E-state index contributed by atoms with van der Waals surface area (Å²) in [7, 11) is 0. The molecule has 13 heavy (non-hydrogen) atoms. The summed E-state index contributed by atoms with van der Waals surface area (Å²) in [6, 6.07) is 0. The molecular formula is C9H16O4. The van der Waals surface area contributed by atoms with E-state index in [1.165, 1.54) is 0 Å². The van der Waals surface area contributed by atoms with Crippen molar-refractivity contribution in [2.24, 2.45) is 0 Å². The summed E-state index contributed by atoms with van der Waals surface area (Å²) in [4.78, 5) is 11.0. The zero-order valence-electron chi connectivity index (χ0n) is 8.28. The molecule has 3 atom stereocenters. The highest BCUT2D eigenvalue weighted by atomic mass is 16.8. The van der Waals surface area contributed by atoms with Crippen LogP contribution in [-0.2, 0) is 19.0 Å². The Morgan fingerprint density at radius 1 is 1.46 bits per heavy atom. The Labute approximate surface area is 78.2 Å². The van der Waals surface area contributed by atoms with Crippen molar-refractivity contribution in [3.8, 4) is 0 Å². The van der Waals surface area contributed by atoms with E-state index in [1.807, 2.05) is 6.92 Å². The smallest absolute Gasteiger partial charge is 0.307 e. The van der Waals surface area contributed by atoms with E-state index >= 15 is 0 Å². The van der Waals surface area contributed by atoms with E-state index in [4.69, 9.17) is 14.2 Å². The standard InChI is InChI=1S/C9H16O4/c1-4-8(10)13-9-5-6(2)11-7(3)12-9/h6-7,9H,4-5H2,1-3H3. The molecule has 0 bridgehead atoms. The number of hydrogen-bond donors (Lipinski definition) is 0. The molecule has 0 spiro atoms. The highest BCUT2D eigenvalue weighted by molar-refractivity contribution is 5.68. The van der Waals surface area contributed by atoms with Crippen molar-refractivity contribution in [1.29, 1.82) is 0 Å². The van der Waals surface area contributed by atoms with Crippen LogP contribution in [0.5, 0.6) is 0 Å². The van der Waals surface area contributed by atoms with Crippen LogP contribution in [0.4, 0.5) is 0 Å². The van der Waals surface area contributed by atoms with Gasteiger partial charge >= 0.3 is 5.97 Å². The Morgan fingerprint density at radius 3 is 2.69 bits per heavy atom. The van der Waals surface area contributed by atoms with Crippen molar-refractivity contribution < 1.29 is 19.0 Å². The molecule has 3 unspecified atom stereocenters. The largest absolute Gasteiger partial charge is 0.436 e. The van der Waals surface area contributed by atoms with Gasteiger partial charge in [-0.2, -0.15) is 0 Å². The van der Waals surface area contributed by atoms with Gasteiger partial charge in [-0.1, -0.05) is 6.92 Å². The van der Waals surface area contributed by atoms with E-state index < -0.39 is 6.29 Å². The summed E-state index contributed by atoms with van der Waals surface area (Å²) in [6.45, 7) is 5.49. The van der Waals surface area contributed by atoms with Gasteiger partial charge in [0, 0.05) is 12.8 Å². The van der Waals surface area contributed by atoms with Gasteiger partial charge in [0.05, 0.1) is 6.10 Å². The van der Waals surface area contributed by atoms with Gasteiger partial charge in [0.25, 0.3) is 0 Å². The second kappa shape index (κ2) is 4.58. The van der Waals surface area contributed by atoms with Crippen LogP contribution in [0.2, 0.25) is 0 Å².